The molecule has 0 aromatic carbocycles. The molecule has 1 N–H and O–H groups in total. The Morgan fingerprint density at radius 3 is 2.60 bits per heavy atom. The van der Waals surface area contributed by atoms with Gasteiger partial charge in [-0.1, -0.05) is 20.3 Å². The highest BCUT2D eigenvalue weighted by atomic mass is 16.6. The largest absolute Gasteiger partial charge is 0.457 e. The van der Waals surface area contributed by atoms with Gasteiger partial charge in [0.05, 0.1) is 13.0 Å². The molecule has 0 atom stereocenters. The first-order valence-corrected chi connectivity index (χ1v) is 10.3. The third kappa shape index (κ3) is 4.55. The molecule has 3 heterocycles. The molecule has 164 valence electrons. The highest BCUT2D eigenvalue weighted by molar-refractivity contribution is 5.73. The van der Waals surface area contributed by atoms with E-state index in [-0.39, 0.29) is 19.6 Å². The molecule has 1 fully saturated rings. The lowest BCUT2D eigenvalue weighted by atomic mass is 10.3. The molecule has 11 nitrogen and oxygen atoms in total. The van der Waals surface area contributed by atoms with Gasteiger partial charge >= 0.3 is 17.8 Å². The molecule has 2 aromatic rings. The molecular formula is C19H27N5O6. The monoisotopic (exact) mass is 421 g/mol. The summed E-state index contributed by atoms with van der Waals surface area (Å²) in [4.78, 5) is 56.6. The van der Waals surface area contributed by atoms with Crippen LogP contribution in [0, 0.1) is 0 Å². The zero-order valence-corrected chi connectivity index (χ0v) is 17.3. The zero-order chi connectivity index (χ0) is 21.7. The average molecular weight is 421 g/mol. The fourth-order valence-electron chi connectivity index (χ4n) is 3.39. The van der Waals surface area contributed by atoms with E-state index in [4.69, 9.17) is 9.47 Å². The van der Waals surface area contributed by atoms with Crippen LogP contribution >= 0.6 is 0 Å². The van der Waals surface area contributed by atoms with Crippen LogP contribution in [0.3, 0.4) is 0 Å². The van der Waals surface area contributed by atoms with E-state index in [1.54, 1.807) is 4.57 Å². The van der Waals surface area contributed by atoms with E-state index < -0.39 is 23.3 Å². The Morgan fingerprint density at radius 2 is 1.93 bits per heavy atom. The predicted molar refractivity (Wildman–Crippen MR) is 107 cm³/mol. The van der Waals surface area contributed by atoms with Crippen molar-refractivity contribution < 1.29 is 19.1 Å². The fourth-order valence-corrected chi connectivity index (χ4v) is 3.39. The number of fused-ring (bicyclic) bond motifs is 1. The first-order chi connectivity index (χ1) is 14.5. The molecule has 0 aliphatic carbocycles. The SMILES string of the molecule is CCCCn1c(=O)[nH]c(=O)c2c1nc(COC(=O)CCN1CCOC1=O)n2CCC. The van der Waals surface area contributed by atoms with Gasteiger partial charge in [-0.05, 0) is 12.8 Å². The molecule has 0 unspecified atom stereocenters. The second-order valence-corrected chi connectivity index (χ2v) is 7.13. The molecule has 0 spiro atoms. The van der Waals surface area contributed by atoms with E-state index >= 15 is 0 Å². The minimum Gasteiger partial charge on any atom is -0.457 e. The van der Waals surface area contributed by atoms with Crippen molar-refractivity contribution in [3.63, 3.8) is 0 Å². The highest BCUT2D eigenvalue weighted by Gasteiger charge is 2.23. The summed E-state index contributed by atoms with van der Waals surface area (Å²) in [6.07, 6.45) is 1.99. The number of aromatic nitrogens is 4. The molecule has 3 rings (SSSR count). The van der Waals surface area contributed by atoms with Gasteiger partial charge in [-0.15, -0.1) is 0 Å². The van der Waals surface area contributed by atoms with E-state index in [1.165, 1.54) is 9.47 Å². The summed E-state index contributed by atoms with van der Waals surface area (Å²) in [6, 6.07) is 0. The number of amides is 1. The normalized spacial score (nSPS) is 13.8. The van der Waals surface area contributed by atoms with Crippen molar-refractivity contribution in [2.45, 2.75) is 59.2 Å². The summed E-state index contributed by atoms with van der Waals surface area (Å²) in [5.41, 5.74) is -0.396. The van der Waals surface area contributed by atoms with Gasteiger partial charge in [-0.25, -0.2) is 14.6 Å². The first kappa shape index (κ1) is 21.6. The number of nitrogens with zero attached hydrogens (tertiary/aromatic N) is 4. The van der Waals surface area contributed by atoms with E-state index in [9.17, 15) is 19.2 Å². The van der Waals surface area contributed by atoms with Gasteiger partial charge in [0, 0.05) is 19.6 Å². The number of hydrogen-bond acceptors (Lipinski definition) is 7. The van der Waals surface area contributed by atoms with Gasteiger partial charge in [0.2, 0.25) is 0 Å². The summed E-state index contributed by atoms with van der Waals surface area (Å²) in [6.45, 7) is 5.78. The Balaban J connectivity index is 1.80. The van der Waals surface area contributed by atoms with Gasteiger partial charge in [0.25, 0.3) is 5.56 Å². The molecule has 1 amide bonds. The Bertz CT molecular complexity index is 1040. The molecule has 30 heavy (non-hydrogen) atoms. The van der Waals surface area contributed by atoms with E-state index in [0.29, 0.717) is 43.2 Å². The van der Waals surface area contributed by atoms with Gasteiger partial charge < -0.3 is 18.9 Å². The topological polar surface area (TPSA) is 129 Å². The van der Waals surface area contributed by atoms with Crippen molar-refractivity contribution in [2.75, 3.05) is 19.7 Å². The Morgan fingerprint density at radius 1 is 1.13 bits per heavy atom. The summed E-state index contributed by atoms with van der Waals surface area (Å²) < 4.78 is 13.3. The Hall–Kier alpha value is -3.11. The third-order valence-corrected chi connectivity index (χ3v) is 4.94. The molecule has 0 bridgehead atoms. The number of aromatic amines is 1. The maximum Gasteiger partial charge on any atom is 0.409 e. The van der Waals surface area contributed by atoms with Gasteiger partial charge in [0.1, 0.15) is 19.0 Å². The predicted octanol–water partition coefficient (Wildman–Crippen LogP) is 0.982. The van der Waals surface area contributed by atoms with Crippen LogP contribution in [0.1, 0.15) is 45.4 Å². The van der Waals surface area contributed by atoms with Crippen LogP contribution < -0.4 is 11.2 Å². The van der Waals surface area contributed by atoms with Crippen LogP contribution in [0.4, 0.5) is 4.79 Å². The maximum atomic E-state index is 12.5. The lowest BCUT2D eigenvalue weighted by Crippen LogP contribution is -2.31. The number of unbranched alkanes of at least 4 members (excludes halogenated alkanes) is 1. The molecule has 2 aromatic heterocycles. The fraction of sp³-hybridized carbons (Fsp3) is 0.632. The number of cyclic esters (lactones) is 1. The number of nitrogens with one attached hydrogen (secondary N) is 1. The Labute approximate surface area is 172 Å². The third-order valence-electron chi connectivity index (χ3n) is 4.94. The van der Waals surface area contributed by atoms with Crippen molar-refractivity contribution >= 4 is 23.2 Å². The molecule has 0 radical (unpaired) electrons. The van der Waals surface area contributed by atoms with Crippen molar-refractivity contribution in [1.82, 2.24) is 24.0 Å². The number of H-pyrrole nitrogens is 1. The lowest BCUT2D eigenvalue weighted by molar-refractivity contribution is -0.145. The minimum atomic E-state index is -0.506. The molecular weight excluding hydrogens is 394 g/mol. The van der Waals surface area contributed by atoms with Crippen LogP contribution in [0.15, 0.2) is 9.59 Å². The van der Waals surface area contributed by atoms with Crippen LogP contribution in [-0.4, -0.2) is 55.8 Å². The van der Waals surface area contributed by atoms with Crippen molar-refractivity contribution in [1.29, 1.82) is 0 Å². The second-order valence-electron chi connectivity index (χ2n) is 7.13. The van der Waals surface area contributed by atoms with Crippen LogP contribution in [0.5, 0.6) is 0 Å². The molecule has 1 saturated heterocycles. The van der Waals surface area contributed by atoms with Crippen LogP contribution in [-0.2, 0) is 34.0 Å². The average Bonchev–Trinajstić information content (AvgIpc) is 3.28. The van der Waals surface area contributed by atoms with E-state index in [1.807, 2.05) is 13.8 Å². The van der Waals surface area contributed by atoms with E-state index in [2.05, 4.69) is 9.97 Å². The van der Waals surface area contributed by atoms with Gasteiger partial charge in [-0.2, -0.15) is 0 Å². The highest BCUT2D eigenvalue weighted by Crippen LogP contribution is 2.14. The summed E-state index contributed by atoms with van der Waals surface area (Å²) in [5.74, 6) is -0.0794. The van der Waals surface area contributed by atoms with Crippen LogP contribution in [0.2, 0.25) is 0 Å². The standard InChI is InChI=1S/C19H27N5O6/c1-3-5-8-24-16-15(17(26)21-18(24)27)23(7-4-2)13(20-16)12-30-14(25)6-9-22-10-11-29-19(22)28/h3-12H2,1-2H3,(H,21,26,27). The van der Waals surface area contributed by atoms with Crippen LogP contribution in [0.25, 0.3) is 11.2 Å². The number of aryl methyl sites for hydroxylation is 2. The number of imidazole rings is 1. The summed E-state index contributed by atoms with van der Waals surface area (Å²) in [7, 11) is 0. The number of carbonyl (C=O) groups excluding carboxylic acids is 2. The number of hydrogen-bond donors (Lipinski definition) is 1. The smallest absolute Gasteiger partial charge is 0.409 e. The number of esters is 1. The zero-order valence-electron chi connectivity index (χ0n) is 17.3. The van der Waals surface area contributed by atoms with Gasteiger partial charge in [-0.3, -0.25) is 19.1 Å². The number of ether oxygens (including phenoxy) is 2. The van der Waals surface area contributed by atoms with Crippen molar-refractivity contribution in [2.24, 2.45) is 0 Å². The van der Waals surface area contributed by atoms with Crippen molar-refractivity contribution in [3.8, 4) is 0 Å². The Kier molecular flexibility index (Phi) is 6.91. The van der Waals surface area contributed by atoms with Gasteiger partial charge in [0.15, 0.2) is 11.2 Å². The maximum absolute atomic E-state index is 12.5. The minimum absolute atomic E-state index is 0.0326. The summed E-state index contributed by atoms with van der Waals surface area (Å²) in [5, 5.41) is 0. The second kappa shape index (κ2) is 9.59. The number of carbonyl (C=O) groups is 2. The lowest BCUT2D eigenvalue weighted by Gasteiger charge is -2.12. The summed E-state index contributed by atoms with van der Waals surface area (Å²) >= 11 is 0. The first-order valence-electron chi connectivity index (χ1n) is 10.3. The molecule has 1 aliphatic rings. The van der Waals surface area contributed by atoms with Crippen molar-refractivity contribution in [3.05, 3.63) is 26.7 Å². The molecule has 1 aliphatic heterocycles. The quantitative estimate of drug-likeness (QED) is 0.566. The molecule has 0 saturated carbocycles. The number of rotatable bonds is 10. The molecule has 11 heteroatoms. The van der Waals surface area contributed by atoms with E-state index in [0.717, 1.165) is 19.3 Å².